The smallest absolute Gasteiger partial charge is 0.420 e. The van der Waals surface area contributed by atoms with E-state index in [2.05, 4.69) is 9.98 Å². The molecule has 2 aromatic rings. The van der Waals surface area contributed by atoms with Crippen molar-refractivity contribution in [2.45, 2.75) is 18.0 Å². The molecule has 0 fully saturated rings. The van der Waals surface area contributed by atoms with Crippen molar-refractivity contribution in [1.29, 1.82) is 0 Å². The zero-order valence-corrected chi connectivity index (χ0v) is 12.8. The summed E-state index contributed by atoms with van der Waals surface area (Å²) in [5, 5.41) is 0. The molecule has 0 spiro atoms. The van der Waals surface area contributed by atoms with E-state index in [0.29, 0.717) is 0 Å². The summed E-state index contributed by atoms with van der Waals surface area (Å²) in [4.78, 5) is 5.72. The largest absolute Gasteiger partial charge is 0.443 e. The summed E-state index contributed by atoms with van der Waals surface area (Å²) < 4.78 is 86.1. The molecule has 1 aliphatic rings. The van der Waals surface area contributed by atoms with Gasteiger partial charge in [0.2, 0.25) is 11.8 Å². The van der Waals surface area contributed by atoms with Gasteiger partial charge in [-0.2, -0.15) is 26.3 Å². The number of rotatable bonds is 2. The van der Waals surface area contributed by atoms with Crippen molar-refractivity contribution in [3.8, 4) is 0 Å². The monoisotopic (exact) mass is 372 g/mol. The molecule has 0 saturated heterocycles. The minimum atomic E-state index is -5.81. The van der Waals surface area contributed by atoms with Gasteiger partial charge in [-0.1, -0.05) is 36.4 Å². The first-order valence-electron chi connectivity index (χ1n) is 7.26. The second-order valence-electron chi connectivity index (χ2n) is 5.34. The van der Waals surface area contributed by atoms with Crippen molar-refractivity contribution in [2.75, 3.05) is 0 Å². The van der Waals surface area contributed by atoms with Gasteiger partial charge in [0, 0.05) is 11.1 Å². The van der Waals surface area contributed by atoms with Crippen LogP contribution in [0.4, 0.5) is 26.3 Å². The first-order chi connectivity index (χ1) is 12.1. The SMILES string of the molecule is FC(F)(F)C1(C(F)(F)F)N=C(c2ccccc2)OC(c2ccccc2)=N1. The Labute approximate surface area is 143 Å². The van der Waals surface area contributed by atoms with Crippen molar-refractivity contribution in [1.82, 2.24) is 0 Å². The first kappa shape index (κ1) is 18.0. The molecule has 0 N–H and O–H groups in total. The van der Waals surface area contributed by atoms with Gasteiger partial charge in [-0.05, 0) is 24.3 Å². The molecule has 0 unspecified atom stereocenters. The second-order valence-corrected chi connectivity index (χ2v) is 5.34. The Morgan fingerprint density at radius 3 is 1.27 bits per heavy atom. The number of halogens is 6. The van der Waals surface area contributed by atoms with Crippen molar-refractivity contribution in [2.24, 2.45) is 9.98 Å². The molecule has 2 aromatic carbocycles. The number of nitrogens with zero attached hydrogens (tertiary/aromatic N) is 2. The van der Waals surface area contributed by atoms with E-state index in [4.69, 9.17) is 4.74 Å². The molecule has 3 nitrogen and oxygen atoms in total. The van der Waals surface area contributed by atoms with Gasteiger partial charge < -0.3 is 4.74 Å². The molecule has 1 heterocycles. The zero-order valence-electron chi connectivity index (χ0n) is 12.8. The van der Waals surface area contributed by atoms with E-state index in [1.165, 1.54) is 48.5 Å². The fraction of sp³-hybridized carbons (Fsp3) is 0.176. The molecule has 0 bridgehead atoms. The summed E-state index contributed by atoms with van der Waals surface area (Å²) in [7, 11) is 0. The van der Waals surface area contributed by atoms with Gasteiger partial charge in [0.1, 0.15) is 0 Å². The average molecular weight is 372 g/mol. The Balaban J connectivity index is 2.25. The molecule has 0 saturated carbocycles. The Morgan fingerprint density at radius 2 is 0.962 bits per heavy atom. The van der Waals surface area contributed by atoms with Crippen LogP contribution in [0.1, 0.15) is 11.1 Å². The summed E-state index contributed by atoms with van der Waals surface area (Å²) in [6.07, 6.45) is -11.6. The van der Waals surface area contributed by atoms with Crippen LogP contribution in [0.25, 0.3) is 0 Å². The first-order valence-corrected chi connectivity index (χ1v) is 7.26. The summed E-state index contributed by atoms with van der Waals surface area (Å²) in [5.74, 6) is -1.62. The van der Waals surface area contributed by atoms with Crippen LogP contribution >= 0.6 is 0 Å². The molecule has 3 rings (SSSR count). The van der Waals surface area contributed by atoms with Gasteiger partial charge in [-0.3, -0.25) is 0 Å². The van der Waals surface area contributed by atoms with Gasteiger partial charge in [-0.25, -0.2) is 9.98 Å². The van der Waals surface area contributed by atoms with Gasteiger partial charge in [-0.15, -0.1) is 0 Å². The van der Waals surface area contributed by atoms with Gasteiger partial charge >= 0.3 is 18.0 Å². The number of benzene rings is 2. The molecule has 0 amide bonds. The zero-order chi connectivity index (χ0) is 19.0. The molecule has 1 aliphatic heterocycles. The predicted molar refractivity (Wildman–Crippen MR) is 81.9 cm³/mol. The molecule has 0 atom stereocenters. The minimum Gasteiger partial charge on any atom is -0.420 e. The Bertz CT molecular complexity index is 770. The van der Waals surface area contributed by atoms with Crippen LogP contribution in [-0.2, 0) is 4.74 Å². The van der Waals surface area contributed by atoms with Gasteiger partial charge in [0.15, 0.2) is 0 Å². The van der Waals surface area contributed by atoms with Crippen molar-refractivity contribution in [3.05, 3.63) is 71.8 Å². The van der Waals surface area contributed by atoms with E-state index in [-0.39, 0.29) is 11.1 Å². The lowest BCUT2D eigenvalue weighted by Gasteiger charge is -2.34. The topological polar surface area (TPSA) is 34.0 Å². The minimum absolute atomic E-state index is 0.0336. The van der Waals surface area contributed by atoms with E-state index < -0.39 is 29.8 Å². The molecular weight excluding hydrogens is 362 g/mol. The number of ether oxygens (including phenoxy) is 1. The fourth-order valence-electron chi connectivity index (χ4n) is 2.28. The predicted octanol–water partition coefficient (Wildman–Crippen LogP) is 4.73. The summed E-state index contributed by atoms with van der Waals surface area (Å²) in [5.41, 5.74) is -4.71. The van der Waals surface area contributed by atoms with E-state index >= 15 is 0 Å². The van der Waals surface area contributed by atoms with Crippen molar-refractivity contribution >= 4 is 11.8 Å². The number of alkyl halides is 6. The van der Waals surface area contributed by atoms with Crippen LogP contribution in [0.3, 0.4) is 0 Å². The number of hydrogen-bond donors (Lipinski definition) is 0. The highest BCUT2D eigenvalue weighted by Crippen LogP contribution is 2.49. The maximum Gasteiger partial charge on any atom is 0.443 e. The molecule has 26 heavy (non-hydrogen) atoms. The van der Waals surface area contributed by atoms with Gasteiger partial charge in [0.25, 0.3) is 0 Å². The van der Waals surface area contributed by atoms with Crippen LogP contribution in [0.15, 0.2) is 70.6 Å². The quantitative estimate of drug-likeness (QED) is 0.702. The Morgan fingerprint density at radius 1 is 0.615 bits per heavy atom. The van der Waals surface area contributed by atoms with Crippen LogP contribution in [0, 0.1) is 0 Å². The summed E-state index contributed by atoms with van der Waals surface area (Å²) >= 11 is 0. The maximum atomic E-state index is 13.5. The van der Waals surface area contributed by atoms with Crippen LogP contribution < -0.4 is 0 Å². The van der Waals surface area contributed by atoms with Crippen LogP contribution in [-0.4, -0.2) is 29.8 Å². The Hall–Kier alpha value is -2.84. The highest BCUT2D eigenvalue weighted by atomic mass is 19.4. The molecule has 0 aliphatic carbocycles. The average Bonchev–Trinajstić information content (AvgIpc) is 2.61. The number of hydrogen-bond acceptors (Lipinski definition) is 3. The van der Waals surface area contributed by atoms with Crippen molar-refractivity contribution < 1.29 is 31.1 Å². The highest BCUT2D eigenvalue weighted by molar-refractivity contribution is 6.08. The lowest BCUT2D eigenvalue weighted by Crippen LogP contribution is -2.56. The van der Waals surface area contributed by atoms with E-state index in [0.717, 1.165) is 0 Å². The third-order valence-electron chi connectivity index (χ3n) is 3.55. The molecule has 0 aromatic heterocycles. The second kappa shape index (κ2) is 6.15. The van der Waals surface area contributed by atoms with Crippen LogP contribution in [0.5, 0.6) is 0 Å². The fourth-order valence-corrected chi connectivity index (χ4v) is 2.28. The molecule has 136 valence electrons. The Kier molecular flexibility index (Phi) is 4.25. The van der Waals surface area contributed by atoms with E-state index in [9.17, 15) is 26.3 Å². The number of aliphatic imine (C=N–C) groups is 2. The van der Waals surface area contributed by atoms with E-state index in [1.807, 2.05) is 0 Å². The normalized spacial score (nSPS) is 17.2. The lowest BCUT2D eigenvalue weighted by atomic mass is 10.1. The maximum absolute atomic E-state index is 13.5. The summed E-state index contributed by atoms with van der Waals surface area (Å²) in [6.45, 7) is 0. The molecular formula is C17H10F6N2O. The van der Waals surface area contributed by atoms with E-state index in [1.54, 1.807) is 12.1 Å². The van der Waals surface area contributed by atoms with Gasteiger partial charge in [0.05, 0.1) is 0 Å². The lowest BCUT2D eigenvalue weighted by molar-refractivity contribution is -0.293. The summed E-state index contributed by atoms with van der Waals surface area (Å²) in [6, 6.07) is 14.1. The molecule has 9 heteroatoms. The molecule has 0 radical (unpaired) electrons. The van der Waals surface area contributed by atoms with Crippen molar-refractivity contribution in [3.63, 3.8) is 0 Å². The third-order valence-corrected chi connectivity index (χ3v) is 3.55. The third kappa shape index (κ3) is 3.04. The van der Waals surface area contributed by atoms with Crippen LogP contribution in [0.2, 0.25) is 0 Å². The highest BCUT2D eigenvalue weighted by Gasteiger charge is 2.74. The standard InChI is InChI=1S/C17H10F6N2O/c18-16(19,20)15(17(21,22)23)24-13(11-7-3-1-4-8-11)26-14(25-15)12-9-5-2-6-10-12/h1-10H.